The normalized spacial score (nSPS) is 17.3. The summed E-state index contributed by atoms with van der Waals surface area (Å²) in [4.78, 5) is 30.6. The van der Waals surface area contributed by atoms with Crippen LogP contribution in [-0.4, -0.2) is 82.2 Å². The van der Waals surface area contributed by atoms with Gasteiger partial charge in [-0.3, -0.25) is 14.8 Å². The predicted octanol–water partition coefficient (Wildman–Crippen LogP) is 4.70. The monoisotopic (exact) mass is 587 g/mol. The van der Waals surface area contributed by atoms with E-state index < -0.39 is 53.3 Å². The number of alkyl halides is 3. The third-order valence-electron chi connectivity index (χ3n) is 7.51. The van der Waals surface area contributed by atoms with Gasteiger partial charge in [0.25, 0.3) is 5.91 Å². The van der Waals surface area contributed by atoms with Crippen LogP contribution in [0.15, 0.2) is 24.4 Å². The van der Waals surface area contributed by atoms with Crippen LogP contribution in [0.1, 0.15) is 34.3 Å². The molecule has 0 atom stereocenters. The van der Waals surface area contributed by atoms with E-state index in [1.165, 1.54) is 4.90 Å². The molecule has 1 aromatic heterocycles. The second-order valence-electron chi connectivity index (χ2n) is 9.88. The minimum absolute atomic E-state index is 0.0778. The molecule has 8 nitrogen and oxygen atoms in total. The van der Waals surface area contributed by atoms with Crippen molar-refractivity contribution in [2.24, 2.45) is 0 Å². The first kappa shape index (κ1) is 28.6. The van der Waals surface area contributed by atoms with E-state index in [9.17, 15) is 40.3 Å². The number of halogens is 7. The standard InChI is InChI=1S/C26H24F7N5O3/c27-20-17(21(28)23(30)19(22(20)29)26(31,32)33)13-41-25(40)38-5-3-16(4-6-38)36-7-9-37(10-8-36)24(39)14-1-2-18-15(11-14)12-34-35-18/h1-2,11-12,16H,3-10,13H2,(H,34,35). The SMILES string of the molecule is O=C(OCc1c(F)c(F)c(C(F)(F)F)c(F)c1F)N1CCC(N2CCN(C(=O)c3ccc4[nH]ncc4c3)CC2)CC1. The average molecular weight is 587 g/mol. The largest absolute Gasteiger partial charge is 0.444 e. The van der Waals surface area contributed by atoms with Gasteiger partial charge in [0.1, 0.15) is 12.2 Å². The van der Waals surface area contributed by atoms with Crippen LogP contribution in [0, 0.1) is 23.3 Å². The van der Waals surface area contributed by atoms with E-state index in [-0.39, 0.29) is 25.0 Å². The van der Waals surface area contributed by atoms with E-state index in [1.54, 1.807) is 29.3 Å². The summed E-state index contributed by atoms with van der Waals surface area (Å²) < 4.78 is 98.8. The number of piperidine rings is 1. The third-order valence-corrected chi connectivity index (χ3v) is 7.51. The van der Waals surface area contributed by atoms with E-state index in [0.29, 0.717) is 44.6 Å². The van der Waals surface area contributed by atoms with E-state index in [4.69, 9.17) is 4.74 Å². The van der Waals surface area contributed by atoms with Crippen LogP contribution >= 0.6 is 0 Å². The molecule has 2 aromatic carbocycles. The quantitative estimate of drug-likeness (QED) is 0.354. The fourth-order valence-corrected chi connectivity index (χ4v) is 5.24. The van der Waals surface area contributed by atoms with Gasteiger partial charge in [0, 0.05) is 56.3 Å². The van der Waals surface area contributed by atoms with Gasteiger partial charge in [-0.1, -0.05) is 0 Å². The van der Waals surface area contributed by atoms with Crippen LogP contribution in [-0.2, 0) is 17.5 Å². The van der Waals surface area contributed by atoms with Crippen molar-refractivity contribution in [3.63, 3.8) is 0 Å². The molecule has 2 aliphatic heterocycles. The average Bonchev–Trinajstić information content (AvgIpc) is 3.43. The molecular formula is C26H24F7N5O3. The van der Waals surface area contributed by atoms with Crippen molar-refractivity contribution in [1.82, 2.24) is 24.9 Å². The summed E-state index contributed by atoms with van der Waals surface area (Å²) in [5, 5.41) is 7.64. The predicted molar refractivity (Wildman–Crippen MR) is 130 cm³/mol. The van der Waals surface area contributed by atoms with Gasteiger partial charge in [-0.15, -0.1) is 0 Å². The summed E-state index contributed by atoms with van der Waals surface area (Å²) >= 11 is 0. The Kier molecular flexibility index (Phi) is 7.81. The van der Waals surface area contributed by atoms with Gasteiger partial charge in [-0.05, 0) is 31.0 Å². The van der Waals surface area contributed by atoms with Crippen LogP contribution in [0.4, 0.5) is 35.5 Å². The lowest BCUT2D eigenvalue weighted by Crippen LogP contribution is -2.54. The number of piperazine rings is 1. The lowest BCUT2D eigenvalue weighted by molar-refractivity contribution is -0.143. The minimum atomic E-state index is -5.66. The molecule has 0 aliphatic carbocycles. The smallest absolute Gasteiger partial charge is 0.422 e. The Morgan fingerprint density at radius 2 is 1.54 bits per heavy atom. The molecule has 0 unspecified atom stereocenters. The number of benzene rings is 2. The Balaban J connectivity index is 1.11. The van der Waals surface area contributed by atoms with Gasteiger partial charge in [-0.2, -0.15) is 18.3 Å². The Bertz CT molecular complexity index is 1430. The van der Waals surface area contributed by atoms with Crippen molar-refractivity contribution < 1.29 is 45.1 Å². The number of carbonyl (C=O) groups excluding carboxylic acids is 2. The van der Waals surface area contributed by atoms with Crippen molar-refractivity contribution >= 4 is 22.9 Å². The number of rotatable bonds is 4. The first-order chi connectivity index (χ1) is 19.5. The number of amides is 2. The summed E-state index contributed by atoms with van der Waals surface area (Å²) in [5.41, 5.74) is -2.73. The van der Waals surface area contributed by atoms with Crippen molar-refractivity contribution in [3.8, 4) is 0 Å². The van der Waals surface area contributed by atoms with Crippen molar-refractivity contribution in [2.75, 3.05) is 39.3 Å². The maximum atomic E-state index is 14.1. The highest BCUT2D eigenvalue weighted by Crippen LogP contribution is 2.37. The van der Waals surface area contributed by atoms with Gasteiger partial charge < -0.3 is 14.5 Å². The second-order valence-corrected chi connectivity index (χ2v) is 9.88. The molecule has 15 heteroatoms. The Morgan fingerprint density at radius 1 is 0.902 bits per heavy atom. The lowest BCUT2D eigenvalue weighted by Gasteiger charge is -2.42. The fourth-order valence-electron chi connectivity index (χ4n) is 5.24. The van der Waals surface area contributed by atoms with E-state index in [0.717, 1.165) is 10.9 Å². The highest BCUT2D eigenvalue weighted by atomic mass is 19.4. The zero-order valence-electron chi connectivity index (χ0n) is 21.4. The molecule has 0 saturated carbocycles. The summed E-state index contributed by atoms with van der Waals surface area (Å²) in [7, 11) is 0. The maximum absolute atomic E-state index is 14.1. The molecule has 5 rings (SSSR count). The van der Waals surface area contributed by atoms with Gasteiger partial charge >= 0.3 is 12.3 Å². The number of carbonyl (C=O) groups is 2. The third kappa shape index (κ3) is 5.67. The molecule has 2 fully saturated rings. The molecule has 1 N–H and O–H groups in total. The van der Waals surface area contributed by atoms with Gasteiger partial charge in [0.15, 0.2) is 23.3 Å². The number of ether oxygens (including phenoxy) is 1. The summed E-state index contributed by atoms with van der Waals surface area (Å²) in [6, 6.07) is 5.44. The molecule has 0 spiro atoms. The first-order valence-corrected chi connectivity index (χ1v) is 12.8. The molecule has 41 heavy (non-hydrogen) atoms. The molecule has 3 aromatic rings. The van der Waals surface area contributed by atoms with Crippen LogP contribution in [0.2, 0.25) is 0 Å². The maximum Gasteiger partial charge on any atom is 0.422 e. The summed E-state index contributed by atoms with van der Waals surface area (Å²) in [6.45, 7) is 1.43. The molecule has 0 bridgehead atoms. The van der Waals surface area contributed by atoms with E-state index in [1.807, 2.05) is 0 Å². The Labute approximate surface area is 228 Å². The fraction of sp³-hybridized carbons (Fsp3) is 0.423. The minimum Gasteiger partial charge on any atom is -0.444 e. The number of aromatic amines is 1. The molecular weight excluding hydrogens is 563 g/mol. The number of nitrogens with zero attached hydrogens (tertiary/aromatic N) is 4. The number of fused-ring (bicyclic) bond motifs is 1. The van der Waals surface area contributed by atoms with Crippen molar-refractivity contribution in [1.29, 1.82) is 0 Å². The van der Waals surface area contributed by atoms with E-state index >= 15 is 0 Å². The molecule has 2 aliphatic rings. The van der Waals surface area contributed by atoms with Gasteiger partial charge in [0.2, 0.25) is 0 Å². The number of hydrogen-bond donors (Lipinski definition) is 1. The number of aromatic nitrogens is 2. The van der Waals surface area contributed by atoms with Crippen LogP contribution in [0.5, 0.6) is 0 Å². The van der Waals surface area contributed by atoms with Crippen molar-refractivity contribution in [2.45, 2.75) is 31.7 Å². The topological polar surface area (TPSA) is 81.8 Å². The zero-order chi connectivity index (χ0) is 29.5. The molecule has 0 radical (unpaired) electrons. The summed E-state index contributed by atoms with van der Waals surface area (Å²) in [5.74, 6) is -9.84. The summed E-state index contributed by atoms with van der Waals surface area (Å²) in [6.07, 6.45) is -3.96. The van der Waals surface area contributed by atoms with Gasteiger partial charge in [-0.25, -0.2) is 22.4 Å². The molecule has 2 saturated heterocycles. The van der Waals surface area contributed by atoms with Gasteiger partial charge in [0.05, 0.1) is 17.3 Å². The highest BCUT2D eigenvalue weighted by Gasteiger charge is 2.42. The van der Waals surface area contributed by atoms with E-state index in [2.05, 4.69) is 15.1 Å². The highest BCUT2D eigenvalue weighted by molar-refractivity contribution is 5.97. The zero-order valence-corrected chi connectivity index (χ0v) is 21.4. The molecule has 2 amide bonds. The Hall–Kier alpha value is -3.88. The lowest BCUT2D eigenvalue weighted by atomic mass is 10.0. The van der Waals surface area contributed by atoms with Crippen molar-refractivity contribution in [3.05, 3.63) is 64.4 Å². The first-order valence-electron chi connectivity index (χ1n) is 12.8. The number of hydrogen-bond acceptors (Lipinski definition) is 5. The van der Waals surface area contributed by atoms with Crippen LogP contribution in [0.25, 0.3) is 10.9 Å². The second kappa shape index (κ2) is 11.2. The Morgan fingerprint density at radius 3 is 2.15 bits per heavy atom. The molecule has 220 valence electrons. The van der Waals surface area contributed by atoms with Crippen LogP contribution < -0.4 is 0 Å². The van der Waals surface area contributed by atoms with Crippen LogP contribution in [0.3, 0.4) is 0 Å². The number of likely N-dealkylation sites (tertiary alicyclic amines) is 1. The number of H-pyrrole nitrogens is 1. The molecule has 3 heterocycles. The number of nitrogens with one attached hydrogen (secondary N) is 1.